The van der Waals surface area contributed by atoms with Crippen molar-refractivity contribution in [1.29, 1.82) is 5.26 Å². The van der Waals surface area contributed by atoms with E-state index in [1.807, 2.05) is 55.6 Å². The summed E-state index contributed by atoms with van der Waals surface area (Å²) >= 11 is 0. The average molecular weight is 537 g/mol. The summed E-state index contributed by atoms with van der Waals surface area (Å²) in [7, 11) is 1.74. The second-order valence-electron chi connectivity index (χ2n) is 10.2. The number of pyridine rings is 2. The standard InChI is InChI=1S/C31H32N6O3/c1-6-40-29-14-28(34-16-23(29)15-32)20(3)37-9-7-24-25(27-18-35(5)30(38)11-19(27)2)12-22(13-26(24)31(37)39)17-36-10-8-33-21(36)4/h8,10-14,16,18,20H,6-7,9,17H2,1-5H3. The van der Waals surface area contributed by atoms with E-state index in [0.29, 0.717) is 48.7 Å². The number of hydrogen-bond acceptors (Lipinski definition) is 6. The summed E-state index contributed by atoms with van der Waals surface area (Å²) in [6.07, 6.45) is 7.71. The van der Waals surface area contributed by atoms with Gasteiger partial charge in [-0.05, 0) is 68.5 Å². The maximum absolute atomic E-state index is 14.1. The lowest BCUT2D eigenvalue weighted by Crippen LogP contribution is -2.40. The second kappa shape index (κ2) is 10.8. The minimum atomic E-state index is -0.324. The zero-order valence-corrected chi connectivity index (χ0v) is 23.4. The molecule has 1 amide bonds. The number of aryl methyl sites for hydroxylation is 3. The Morgan fingerprint density at radius 1 is 1.10 bits per heavy atom. The van der Waals surface area contributed by atoms with Crippen LogP contribution in [-0.4, -0.2) is 43.1 Å². The molecule has 0 N–H and O–H groups in total. The van der Waals surface area contributed by atoms with E-state index in [1.54, 1.807) is 29.9 Å². The maximum atomic E-state index is 14.1. The van der Waals surface area contributed by atoms with E-state index in [2.05, 4.69) is 22.1 Å². The summed E-state index contributed by atoms with van der Waals surface area (Å²) in [5.41, 5.74) is 6.33. The largest absolute Gasteiger partial charge is 0.492 e. The van der Waals surface area contributed by atoms with Crippen molar-refractivity contribution in [3.05, 3.63) is 98.7 Å². The van der Waals surface area contributed by atoms with Crippen LogP contribution in [0.25, 0.3) is 11.1 Å². The number of fused-ring (bicyclic) bond motifs is 1. The summed E-state index contributed by atoms with van der Waals surface area (Å²) < 4.78 is 9.28. The molecule has 0 bridgehead atoms. The number of aromatic nitrogens is 4. The number of hydrogen-bond donors (Lipinski definition) is 0. The van der Waals surface area contributed by atoms with Crippen LogP contribution in [0.5, 0.6) is 5.75 Å². The number of rotatable bonds is 7. The highest BCUT2D eigenvalue weighted by atomic mass is 16.5. The molecule has 204 valence electrons. The van der Waals surface area contributed by atoms with Crippen LogP contribution in [0.4, 0.5) is 0 Å². The molecule has 0 radical (unpaired) electrons. The number of amides is 1. The van der Waals surface area contributed by atoms with Crippen LogP contribution in [0, 0.1) is 25.2 Å². The van der Waals surface area contributed by atoms with Gasteiger partial charge in [0.15, 0.2) is 0 Å². The third-order valence-corrected chi connectivity index (χ3v) is 7.61. The van der Waals surface area contributed by atoms with Crippen LogP contribution in [0.2, 0.25) is 0 Å². The van der Waals surface area contributed by atoms with Crippen molar-refractivity contribution >= 4 is 5.91 Å². The molecule has 3 aromatic heterocycles. The molecule has 0 spiro atoms. The maximum Gasteiger partial charge on any atom is 0.254 e. The van der Waals surface area contributed by atoms with Crippen LogP contribution >= 0.6 is 0 Å². The zero-order valence-electron chi connectivity index (χ0n) is 23.4. The van der Waals surface area contributed by atoms with Crippen molar-refractivity contribution in [3.8, 4) is 22.9 Å². The normalized spacial score (nSPS) is 13.6. The Morgan fingerprint density at radius 2 is 1.88 bits per heavy atom. The third-order valence-electron chi connectivity index (χ3n) is 7.61. The number of carbonyl (C=O) groups excluding carboxylic acids is 1. The Kier molecular flexibility index (Phi) is 7.26. The lowest BCUT2D eigenvalue weighted by Gasteiger charge is -2.35. The molecule has 9 nitrogen and oxygen atoms in total. The predicted octanol–water partition coefficient (Wildman–Crippen LogP) is 4.34. The van der Waals surface area contributed by atoms with E-state index in [1.165, 1.54) is 6.20 Å². The van der Waals surface area contributed by atoms with Crippen LogP contribution < -0.4 is 10.3 Å². The number of nitrogens with zero attached hydrogens (tertiary/aromatic N) is 6. The molecule has 1 aliphatic rings. The van der Waals surface area contributed by atoms with Gasteiger partial charge in [0, 0.05) is 68.2 Å². The highest BCUT2D eigenvalue weighted by molar-refractivity contribution is 5.99. The van der Waals surface area contributed by atoms with E-state index in [9.17, 15) is 14.9 Å². The molecule has 0 saturated carbocycles. The zero-order chi connectivity index (χ0) is 28.6. The quantitative estimate of drug-likeness (QED) is 0.348. The lowest BCUT2D eigenvalue weighted by molar-refractivity contribution is 0.0669. The van der Waals surface area contributed by atoms with E-state index < -0.39 is 0 Å². The first-order valence-electron chi connectivity index (χ1n) is 13.4. The van der Waals surface area contributed by atoms with Gasteiger partial charge in [-0.1, -0.05) is 0 Å². The van der Waals surface area contributed by atoms with Crippen molar-refractivity contribution in [2.75, 3.05) is 13.2 Å². The Balaban J connectivity index is 1.59. The van der Waals surface area contributed by atoms with Gasteiger partial charge < -0.3 is 18.8 Å². The van der Waals surface area contributed by atoms with Crippen molar-refractivity contribution in [2.24, 2.45) is 7.05 Å². The number of carbonyl (C=O) groups is 1. The van der Waals surface area contributed by atoms with Gasteiger partial charge in [0.25, 0.3) is 11.5 Å². The van der Waals surface area contributed by atoms with E-state index in [0.717, 1.165) is 33.6 Å². The summed E-state index contributed by atoms with van der Waals surface area (Å²) in [5, 5.41) is 9.42. The molecule has 1 aromatic carbocycles. The highest BCUT2D eigenvalue weighted by Gasteiger charge is 2.32. The minimum absolute atomic E-state index is 0.0715. The molecule has 1 aliphatic heterocycles. The minimum Gasteiger partial charge on any atom is -0.492 e. The predicted molar refractivity (Wildman–Crippen MR) is 151 cm³/mol. The van der Waals surface area contributed by atoms with E-state index in [4.69, 9.17) is 4.74 Å². The van der Waals surface area contributed by atoms with E-state index in [-0.39, 0.29) is 17.5 Å². The van der Waals surface area contributed by atoms with Crippen molar-refractivity contribution in [1.82, 2.24) is 24.0 Å². The Labute approximate surface area is 233 Å². The molecule has 5 rings (SSSR count). The topological polar surface area (TPSA) is 106 Å². The third kappa shape index (κ3) is 4.89. The number of imidazole rings is 1. The number of nitriles is 1. The number of benzene rings is 1. The molecular weight excluding hydrogens is 504 g/mol. The average Bonchev–Trinajstić information content (AvgIpc) is 3.34. The SMILES string of the molecule is CCOc1cc(C(C)N2CCc3c(cc(Cn4ccnc4C)cc3-c3cn(C)c(=O)cc3C)C2=O)ncc1C#N. The second-order valence-corrected chi connectivity index (χ2v) is 10.2. The summed E-state index contributed by atoms with van der Waals surface area (Å²) in [6.45, 7) is 9.19. The number of ether oxygens (including phenoxy) is 1. The monoisotopic (exact) mass is 536 g/mol. The molecule has 0 fully saturated rings. The van der Waals surface area contributed by atoms with Gasteiger partial charge in [-0.25, -0.2) is 4.98 Å². The van der Waals surface area contributed by atoms with E-state index >= 15 is 0 Å². The molecule has 1 unspecified atom stereocenters. The van der Waals surface area contributed by atoms with Crippen LogP contribution in [-0.2, 0) is 20.0 Å². The highest BCUT2D eigenvalue weighted by Crippen LogP contribution is 2.36. The van der Waals surface area contributed by atoms with Crippen molar-refractivity contribution in [3.63, 3.8) is 0 Å². The van der Waals surface area contributed by atoms with Crippen LogP contribution in [0.1, 0.15) is 64.0 Å². The fourth-order valence-electron chi connectivity index (χ4n) is 5.35. The van der Waals surface area contributed by atoms with Crippen molar-refractivity contribution in [2.45, 2.75) is 46.7 Å². The Bertz CT molecular complexity index is 1710. The smallest absolute Gasteiger partial charge is 0.254 e. The summed E-state index contributed by atoms with van der Waals surface area (Å²) in [5.74, 6) is 1.28. The van der Waals surface area contributed by atoms with Gasteiger partial charge >= 0.3 is 0 Å². The first kappa shape index (κ1) is 26.9. The molecule has 40 heavy (non-hydrogen) atoms. The summed E-state index contributed by atoms with van der Waals surface area (Å²) in [6, 6.07) is 9.30. The fourth-order valence-corrected chi connectivity index (χ4v) is 5.35. The molecule has 4 aromatic rings. The molecule has 4 heterocycles. The van der Waals surface area contributed by atoms with Crippen LogP contribution in [0.15, 0.2) is 53.8 Å². The fraction of sp³-hybridized carbons (Fsp3) is 0.323. The Morgan fingerprint density at radius 3 is 2.58 bits per heavy atom. The summed E-state index contributed by atoms with van der Waals surface area (Å²) in [4.78, 5) is 37.1. The van der Waals surface area contributed by atoms with Gasteiger partial charge in [-0.15, -0.1) is 0 Å². The first-order valence-corrected chi connectivity index (χ1v) is 13.4. The van der Waals surface area contributed by atoms with Crippen molar-refractivity contribution < 1.29 is 9.53 Å². The van der Waals surface area contributed by atoms with Gasteiger partial charge in [-0.2, -0.15) is 5.26 Å². The van der Waals surface area contributed by atoms with Gasteiger partial charge in [0.1, 0.15) is 23.2 Å². The Hall–Kier alpha value is -4.71. The van der Waals surface area contributed by atoms with Gasteiger partial charge in [-0.3, -0.25) is 14.6 Å². The molecular formula is C31H32N6O3. The molecule has 9 heteroatoms. The lowest BCUT2D eigenvalue weighted by atomic mass is 9.86. The molecule has 0 saturated heterocycles. The van der Waals surface area contributed by atoms with Gasteiger partial charge in [0.2, 0.25) is 0 Å². The van der Waals surface area contributed by atoms with Gasteiger partial charge in [0.05, 0.1) is 18.3 Å². The molecule has 0 aliphatic carbocycles. The molecule has 1 atom stereocenters. The first-order chi connectivity index (χ1) is 19.2. The van der Waals surface area contributed by atoms with Crippen LogP contribution in [0.3, 0.4) is 0 Å².